The van der Waals surface area contributed by atoms with Crippen molar-refractivity contribution in [2.45, 2.75) is 32.1 Å². The Morgan fingerprint density at radius 3 is 2.83 bits per heavy atom. The predicted octanol–water partition coefficient (Wildman–Crippen LogP) is 3.37. The molecule has 2 fully saturated rings. The maximum Gasteiger partial charge on any atom is 0.307 e. The SMILES string of the molecule is O=C(O)Cc1ccc(OCC[C@@H]2C[C@@H]2C2CCNCC2)cc1Cl. The molecule has 1 aromatic rings. The van der Waals surface area contributed by atoms with Crippen molar-refractivity contribution >= 4 is 17.6 Å². The minimum absolute atomic E-state index is 0.0564. The summed E-state index contributed by atoms with van der Waals surface area (Å²) in [5, 5.41) is 12.7. The number of rotatable bonds is 7. The van der Waals surface area contributed by atoms with Crippen molar-refractivity contribution in [3.8, 4) is 5.75 Å². The van der Waals surface area contributed by atoms with Gasteiger partial charge in [-0.15, -0.1) is 0 Å². The molecule has 0 unspecified atom stereocenters. The molecule has 4 nitrogen and oxygen atoms in total. The summed E-state index contributed by atoms with van der Waals surface area (Å²) >= 11 is 6.10. The molecular formula is C18H24ClNO3. The van der Waals surface area contributed by atoms with Crippen LogP contribution < -0.4 is 10.1 Å². The van der Waals surface area contributed by atoms with Crippen molar-refractivity contribution < 1.29 is 14.6 Å². The van der Waals surface area contributed by atoms with Crippen LogP contribution >= 0.6 is 11.6 Å². The molecule has 126 valence electrons. The zero-order valence-corrected chi connectivity index (χ0v) is 14.0. The van der Waals surface area contributed by atoms with Crippen molar-refractivity contribution in [1.29, 1.82) is 0 Å². The average molecular weight is 338 g/mol. The van der Waals surface area contributed by atoms with E-state index in [1.165, 1.54) is 32.4 Å². The van der Waals surface area contributed by atoms with Crippen LogP contribution in [-0.2, 0) is 11.2 Å². The molecule has 0 aromatic heterocycles. The summed E-state index contributed by atoms with van der Waals surface area (Å²) in [6.07, 6.45) is 5.04. The third kappa shape index (κ3) is 4.61. The van der Waals surface area contributed by atoms with Crippen LogP contribution in [-0.4, -0.2) is 30.8 Å². The Kier molecular flexibility index (Phi) is 5.44. The second kappa shape index (κ2) is 7.54. The molecule has 1 aromatic carbocycles. The molecule has 3 rings (SSSR count). The highest BCUT2D eigenvalue weighted by atomic mass is 35.5. The van der Waals surface area contributed by atoms with E-state index < -0.39 is 5.97 Å². The van der Waals surface area contributed by atoms with Crippen molar-refractivity contribution in [2.75, 3.05) is 19.7 Å². The van der Waals surface area contributed by atoms with Crippen LogP contribution in [0.25, 0.3) is 0 Å². The van der Waals surface area contributed by atoms with Crippen molar-refractivity contribution in [2.24, 2.45) is 17.8 Å². The van der Waals surface area contributed by atoms with E-state index in [4.69, 9.17) is 21.4 Å². The maximum atomic E-state index is 10.7. The smallest absolute Gasteiger partial charge is 0.307 e. The second-order valence-corrected chi connectivity index (χ2v) is 7.12. The Bertz CT molecular complexity index is 557. The van der Waals surface area contributed by atoms with Gasteiger partial charge in [-0.25, -0.2) is 0 Å². The molecule has 5 heteroatoms. The van der Waals surface area contributed by atoms with Crippen LogP contribution in [0.5, 0.6) is 5.75 Å². The molecule has 1 aliphatic carbocycles. The fraction of sp³-hybridized carbons (Fsp3) is 0.611. The van der Waals surface area contributed by atoms with Crippen LogP contribution in [0.2, 0.25) is 5.02 Å². The van der Waals surface area contributed by atoms with Gasteiger partial charge in [-0.2, -0.15) is 0 Å². The summed E-state index contributed by atoms with van der Waals surface area (Å²) < 4.78 is 5.79. The summed E-state index contributed by atoms with van der Waals surface area (Å²) in [6.45, 7) is 3.05. The number of ether oxygens (including phenoxy) is 1. The van der Waals surface area contributed by atoms with Crippen LogP contribution in [0.3, 0.4) is 0 Å². The van der Waals surface area contributed by atoms with E-state index in [1.54, 1.807) is 18.2 Å². The van der Waals surface area contributed by atoms with E-state index in [-0.39, 0.29) is 6.42 Å². The van der Waals surface area contributed by atoms with Gasteiger partial charge in [0.1, 0.15) is 5.75 Å². The van der Waals surface area contributed by atoms with Crippen LogP contribution in [0, 0.1) is 17.8 Å². The lowest BCUT2D eigenvalue weighted by atomic mass is 9.91. The van der Waals surface area contributed by atoms with E-state index in [1.807, 2.05) is 0 Å². The summed E-state index contributed by atoms with van der Waals surface area (Å²) in [4.78, 5) is 10.7. The maximum absolute atomic E-state index is 10.7. The van der Waals surface area contributed by atoms with E-state index in [0.29, 0.717) is 17.2 Å². The van der Waals surface area contributed by atoms with E-state index in [2.05, 4.69) is 5.32 Å². The topological polar surface area (TPSA) is 58.6 Å². The molecule has 2 aliphatic rings. The Labute approximate surface area is 142 Å². The highest BCUT2D eigenvalue weighted by Gasteiger charge is 2.42. The molecule has 0 radical (unpaired) electrons. The largest absolute Gasteiger partial charge is 0.494 e. The number of carboxylic acid groups (broad SMARTS) is 1. The van der Waals surface area contributed by atoms with Gasteiger partial charge in [0.2, 0.25) is 0 Å². The molecular weight excluding hydrogens is 314 g/mol. The van der Waals surface area contributed by atoms with Crippen molar-refractivity contribution in [1.82, 2.24) is 5.32 Å². The highest BCUT2D eigenvalue weighted by Crippen LogP contribution is 2.49. The summed E-state index contributed by atoms with van der Waals surface area (Å²) in [5.41, 5.74) is 0.625. The second-order valence-electron chi connectivity index (χ2n) is 6.71. The van der Waals surface area contributed by atoms with Gasteiger partial charge < -0.3 is 15.2 Å². The Morgan fingerprint density at radius 2 is 2.13 bits per heavy atom. The first kappa shape index (κ1) is 16.6. The molecule has 1 saturated heterocycles. The highest BCUT2D eigenvalue weighted by molar-refractivity contribution is 6.31. The number of hydrogen-bond donors (Lipinski definition) is 2. The van der Waals surface area contributed by atoms with Gasteiger partial charge >= 0.3 is 5.97 Å². The van der Waals surface area contributed by atoms with Gasteiger partial charge in [-0.1, -0.05) is 17.7 Å². The number of benzene rings is 1. The zero-order chi connectivity index (χ0) is 16.2. The molecule has 2 atom stereocenters. The Morgan fingerprint density at radius 1 is 1.35 bits per heavy atom. The van der Waals surface area contributed by atoms with Gasteiger partial charge in [0.15, 0.2) is 0 Å². The standard InChI is InChI=1S/C18H24ClNO3/c19-17-11-15(2-1-14(17)10-18(21)22)23-8-5-13-9-16(13)12-3-6-20-7-4-12/h1-2,11-13,16,20H,3-10H2,(H,21,22)/t13-,16-/m1/s1. The number of hydrogen-bond acceptors (Lipinski definition) is 3. The first-order valence-corrected chi connectivity index (χ1v) is 8.85. The minimum atomic E-state index is -0.877. The lowest BCUT2D eigenvalue weighted by molar-refractivity contribution is -0.136. The fourth-order valence-electron chi connectivity index (χ4n) is 3.70. The van der Waals surface area contributed by atoms with Gasteiger partial charge in [-0.05, 0) is 74.2 Å². The molecule has 2 N–H and O–H groups in total. The summed E-state index contributed by atoms with van der Waals surface area (Å²) in [7, 11) is 0. The normalized spacial score (nSPS) is 24.4. The predicted molar refractivity (Wildman–Crippen MR) is 90.1 cm³/mol. The zero-order valence-electron chi connectivity index (χ0n) is 13.3. The summed E-state index contributed by atoms with van der Waals surface area (Å²) in [5.74, 6) is 2.48. The average Bonchev–Trinajstić information content (AvgIpc) is 3.30. The molecule has 1 saturated carbocycles. The first-order chi connectivity index (χ1) is 11.1. The van der Waals surface area contributed by atoms with E-state index in [9.17, 15) is 4.79 Å². The molecule has 1 heterocycles. The minimum Gasteiger partial charge on any atom is -0.494 e. The summed E-state index contributed by atoms with van der Waals surface area (Å²) in [6, 6.07) is 5.26. The van der Waals surface area contributed by atoms with Gasteiger partial charge in [0, 0.05) is 5.02 Å². The number of aliphatic carboxylic acids is 1. The van der Waals surface area contributed by atoms with Gasteiger partial charge in [0.25, 0.3) is 0 Å². The Hall–Kier alpha value is -1.26. The third-order valence-electron chi connectivity index (χ3n) is 5.09. The fourth-order valence-corrected chi connectivity index (χ4v) is 3.94. The van der Waals surface area contributed by atoms with E-state index >= 15 is 0 Å². The third-order valence-corrected chi connectivity index (χ3v) is 5.44. The van der Waals surface area contributed by atoms with Crippen LogP contribution in [0.1, 0.15) is 31.2 Å². The lowest BCUT2D eigenvalue weighted by Crippen LogP contribution is -2.29. The van der Waals surface area contributed by atoms with Gasteiger partial charge in [-0.3, -0.25) is 4.79 Å². The van der Waals surface area contributed by atoms with Gasteiger partial charge in [0.05, 0.1) is 13.0 Å². The van der Waals surface area contributed by atoms with Crippen LogP contribution in [0.15, 0.2) is 18.2 Å². The quantitative estimate of drug-likeness (QED) is 0.801. The molecule has 1 aliphatic heterocycles. The number of carbonyl (C=O) groups is 1. The lowest BCUT2D eigenvalue weighted by Gasteiger charge is -2.22. The number of piperidine rings is 1. The van der Waals surface area contributed by atoms with Crippen molar-refractivity contribution in [3.63, 3.8) is 0 Å². The number of carboxylic acids is 1. The molecule has 0 amide bonds. The molecule has 0 spiro atoms. The number of nitrogens with one attached hydrogen (secondary N) is 1. The first-order valence-electron chi connectivity index (χ1n) is 8.47. The van der Waals surface area contributed by atoms with Crippen molar-refractivity contribution in [3.05, 3.63) is 28.8 Å². The molecule has 0 bridgehead atoms. The monoisotopic (exact) mass is 337 g/mol. The number of halogens is 1. The van der Waals surface area contributed by atoms with E-state index in [0.717, 1.165) is 29.9 Å². The Balaban J connectivity index is 1.41. The molecule has 23 heavy (non-hydrogen) atoms. The van der Waals surface area contributed by atoms with Crippen LogP contribution in [0.4, 0.5) is 0 Å².